The number of carbonyl (C=O) groups is 1. The molecule has 1 aliphatic rings. The van der Waals surface area contributed by atoms with Crippen molar-refractivity contribution in [3.05, 3.63) is 77.6 Å². The van der Waals surface area contributed by atoms with Crippen LogP contribution in [0.5, 0.6) is 0 Å². The monoisotopic (exact) mass is 420 g/mol. The molecule has 0 saturated carbocycles. The fourth-order valence-electron chi connectivity index (χ4n) is 4.45. The number of rotatable bonds is 7. The molecule has 4 rings (SSSR count). The quantitative estimate of drug-likeness (QED) is 0.546. The van der Waals surface area contributed by atoms with Crippen molar-refractivity contribution in [3.63, 3.8) is 0 Å². The van der Waals surface area contributed by atoms with Crippen molar-refractivity contribution in [2.24, 2.45) is 0 Å². The van der Waals surface area contributed by atoms with Gasteiger partial charge in [0.05, 0.1) is 13.0 Å². The summed E-state index contributed by atoms with van der Waals surface area (Å²) in [6.07, 6.45) is 0.966. The molecule has 0 aliphatic carbocycles. The Morgan fingerprint density at radius 2 is 2.00 bits per heavy atom. The molecule has 31 heavy (non-hydrogen) atoms. The van der Waals surface area contributed by atoms with E-state index in [1.165, 1.54) is 22.4 Å². The smallest absolute Gasteiger partial charge is 0.310 e. The molecule has 2 atom stereocenters. The van der Waals surface area contributed by atoms with Crippen molar-refractivity contribution >= 4 is 22.4 Å². The second-order valence-corrected chi connectivity index (χ2v) is 8.15. The number of hydrogen-bond donors (Lipinski definition) is 1. The van der Waals surface area contributed by atoms with Crippen molar-refractivity contribution < 1.29 is 13.9 Å². The van der Waals surface area contributed by atoms with E-state index in [-0.39, 0.29) is 18.3 Å². The first kappa shape index (κ1) is 21.3. The molecule has 3 aromatic rings. The third kappa shape index (κ3) is 4.88. The lowest BCUT2D eigenvalue weighted by Crippen LogP contribution is -2.34. The number of hydrogen-bond acceptors (Lipinski definition) is 4. The zero-order valence-electron chi connectivity index (χ0n) is 18.1. The van der Waals surface area contributed by atoms with Gasteiger partial charge in [0.2, 0.25) is 0 Å². The van der Waals surface area contributed by atoms with Crippen LogP contribution in [-0.4, -0.2) is 31.7 Å². The summed E-state index contributed by atoms with van der Waals surface area (Å²) >= 11 is 0. The molecule has 0 unspecified atom stereocenters. The van der Waals surface area contributed by atoms with Crippen LogP contribution in [-0.2, 0) is 16.0 Å². The first-order chi connectivity index (χ1) is 15.0. The molecule has 4 nitrogen and oxygen atoms in total. The molecule has 1 heterocycles. The van der Waals surface area contributed by atoms with Gasteiger partial charge in [-0.05, 0) is 54.3 Å². The minimum absolute atomic E-state index is 0.0350. The number of nitrogens with one attached hydrogen (secondary N) is 1. The Morgan fingerprint density at radius 3 is 2.81 bits per heavy atom. The van der Waals surface area contributed by atoms with Gasteiger partial charge in [0.25, 0.3) is 0 Å². The average molecular weight is 421 g/mol. The fourth-order valence-corrected chi connectivity index (χ4v) is 4.45. The topological polar surface area (TPSA) is 41.6 Å². The Kier molecular flexibility index (Phi) is 6.52. The van der Waals surface area contributed by atoms with Gasteiger partial charge in [-0.2, -0.15) is 0 Å². The lowest BCUT2D eigenvalue weighted by molar-refractivity contribution is -0.142. The van der Waals surface area contributed by atoms with Crippen LogP contribution in [0.4, 0.5) is 10.1 Å². The van der Waals surface area contributed by atoms with Crippen molar-refractivity contribution in [1.29, 1.82) is 0 Å². The van der Waals surface area contributed by atoms with Gasteiger partial charge in [-0.15, -0.1) is 0 Å². The van der Waals surface area contributed by atoms with Gasteiger partial charge in [-0.25, -0.2) is 4.39 Å². The molecule has 0 bridgehead atoms. The highest BCUT2D eigenvalue weighted by Gasteiger charge is 2.25. The highest BCUT2D eigenvalue weighted by Crippen LogP contribution is 2.27. The van der Waals surface area contributed by atoms with Gasteiger partial charge in [-0.3, -0.25) is 4.79 Å². The molecule has 3 aromatic carbocycles. The van der Waals surface area contributed by atoms with Crippen LogP contribution in [0.1, 0.15) is 37.4 Å². The summed E-state index contributed by atoms with van der Waals surface area (Å²) in [4.78, 5) is 13.8. The summed E-state index contributed by atoms with van der Waals surface area (Å²) in [5.41, 5.74) is 2.53. The fraction of sp³-hybridized carbons (Fsp3) is 0.346. The molecule has 5 heteroatoms. The zero-order chi connectivity index (χ0) is 21.8. The van der Waals surface area contributed by atoms with Crippen LogP contribution in [0, 0.1) is 5.82 Å². The largest absolute Gasteiger partial charge is 0.466 e. The zero-order valence-corrected chi connectivity index (χ0v) is 18.1. The summed E-state index contributed by atoms with van der Waals surface area (Å²) in [7, 11) is 0. The maximum atomic E-state index is 14.5. The lowest BCUT2D eigenvalue weighted by Gasteiger charge is -2.23. The first-order valence-corrected chi connectivity index (χ1v) is 11.0. The van der Waals surface area contributed by atoms with E-state index in [1.54, 1.807) is 13.0 Å². The Hall–Kier alpha value is -2.92. The normalized spacial score (nSPS) is 17.1. The molecule has 0 radical (unpaired) electrons. The highest BCUT2D eigenvalue weighted by molar-refractivity contribution is 5.86. The number of anilines is 1. The highest BCUT2D eigenvalue weighted by atomic mass is 19.1. The van der Waals surface area contributed by atoms with Gasteiger partial charge in [0.15, 0.2) is 0 Å². The molecule has 1 aliphatic heterocycles. The Morgan fingerprint density at radius 1 is 1.19 bits per heavy atom. The number of nitrogens with zero attached hydrogens (tertiary/aromatic N) is 1. The lowest BCUT2D eigenvalue weighted by atomic mass is 9.99. The molecular weight excluding hydrogens is 391 g/mol. The molecule has 0 amide bonds. The second-order valence-electron chi connectivity index (χ2n) is 8.15. The van der Waals surface area contributed by atoms with Gasteiger partial charge >= 0.3 is 5.97 Å². The van der Waals surface area contributed by atoms with E-state index in [9.17, 15) is 9.18 Å². The van der Waals surface area contributed by atoms with Crippen molar-refractivity contribution in [2.45, 2.75) is 38.8 Å². The predicted octanol–water partition coefficient (Wildman–Crippen LogP) is 5.01. The maximum Gasteiger partial charge on any atom is 0.310 e. The SMILES string of the molecule is CCOC(=O)Cc1ccc(N2CC[C@H](N[C@H](C)c3cccc4ccccc34)C2)cc1F. The number of halogens is 1. The molecule has 162 valence electrons. The van der Waals surface area contributed by atoms with Crippen LogP contribution < -0.4 is 10.2 Å². The van der Waals surface area contributed by atoms with Crippen LogP contribution in [0.25, 0.3) is 10.8 Å². The Bertz CT molecular complexity index is 1060. The van der Waals surface area contributed by atoms with Crippen LogP contribution in [0.2, 0.25) is 0 Å². The number of ether oxygens (including phenoxy) is 1. The third-order valence-electron chi connectivity index (χ3n) is 6.01. The van der Waals surface area contributed by atoms with Crippen LogP contribution >= 0.6 is 0 Å². The molecule has 1 N–H and O–H groups in total. The summed E-state index contributed by atoms with van der Waals surface area (Å²) < 4.78 is 19.5. The van der Waals surface area contributed by atoms with Crippen LogP contribution in [0.15, 0.2) is 60.7 Å². The first-order valence-electron chi connectivity index (χ1n) is 11.0. The second kappa shape index (κ2) is 9.48. The van der Waals surface area contributed by atoms with E-state index in [0.29, 0.717) is 18.2 Å². The molecule has 0 aromatic heterocycles. The minimum Gasteiger partial charge on any atom is -0.466 e. The van der Waals surface area contributed by atoms with Gasteiger partial charge in [-0.1, -0.05) is 48.5 Å². The summed E-state index contributed by atoms with van der Waals surface area (Å²) in [5, 5.41) is 6.28. The van der Waals surface area contributed by atoms with Crippen molar-refractivity contribution in [2.75, 3.05) is 24.6 Å². The van der Waals surface area contributed by atoms with Gasteiger partial charge in [0.1, 0.15) is 5.82 Å². The van der Waals surface area contributed by atoms with Crippen molar-refractivity contribution in [3.8, 4) is 0 Å². The van der Waals surface area contributed by atoms with Gasteiger partial charge in [0, 0.05) is 30.9 Å². The van der Waals surface area contributed by atoms with Crippen LogP contribution in [0.3, 0.4) is 0 Å². The molecule has 1 fully saturated rings. The van der Waals surface area contributed by atoms with E-state index in [0.717, 1.165) is 25.2 Å². The summed E-state index contributed by atoms with van der Waals surface area (Å²) in [6.45, 7) is 5.95. The molecule has 0 spiro atoms. The van der Waals surface area contributed by atoms with Crippen molar-refractivity contribution in [1.82, 2.24) is 5.32 Å². The number of benzene rings is 3. The number of carbonyl (C=O) groups excluding carboxylic acids is 1. The summed E-state index contributed by atoms with van der Waals surface area (Å²) in [5.74, 6) is -0.756. The van der Waals surface area contributed by atoms with E-state index in [4.69, 9.17) is 4.74 Å². The van der Waals surface area contributed by atoms with E-state index < -0.39 is 5.97 Å². The molecular formula is C26H29FN2O2. The van der Waals surface area contributed by atoms with E-state index in [2.05, 4.69) is 59.6 Å². The Balaban J connectivity index is 1.40. The minimum atomic E-state index is -0.401. The standard InChI is InChI=1S/C26H29FN2O2/c1-3-31-26(30)15-20-11-12-22(16-25(20)27)29-14-13-21(17-29)28-18(2)23-10-6-8-19-7-4-5-9-24(19)23/h4-12,16,18,21,28H,3,13-15,17H2,1-2H3/t18-,21+/m1/s1. The molecule has 1 saturated heterocycles. The van der Waals surface area contributed by atoms with E-state index >= 15 is 0 Å². The Labute approximate surface area is 183 Å². The third-order valence-corrected chi connectivity index (χ3v) is 6.01. The van der Waals surface area contributed by atoms with Gasteiger partial charge < -0.3 is 15.0 Å². The average Bonchev–Trinajstić information content (AvgIpc) is 3.23. The number of esters is 1. The predicted molar refractivity (Wildman–Crippen MR) is 123 cm³/mol. The maximum absolute atomic E-state index is 14.5. The summed E-state index contributed by atoms with van der Waals surface area (Å²) in [6, 6.07) is 20.6. The van der Waals surface area contributed by atoms with E-state index in [1.807, 2.05) is 6.07 Å². The number of fused-ring (bicyclic) bond motifs is 1.